The van der Waals surface area contributed by atoms with E-state index >= 15 is 0 Å². The monoisotopic (exact) mass is 415 g/mol. The molecule has 1 atom stereocenters. The van der Waals surface area contributed by atoms with Gasteiger partial charge in [-0.25, -0.2) is 9.07 Å². The number of anilines is 2. The highest BCUT2D eigenvalue weighted by Crippen LogP contribution is 2.55. The van der Waals surface area contributed by atoms with Crippen LogP contribution in [0.1, 0.15) is 23.2 Å². The number of benzene rings is 2. The molecule has 3 N–H and O–H groups in total. The number of hydrogen-bond donors (Lipinski definition) is 3. The zero-order valence-electron chi connectivity index (χ0n) is 16.6. The summed E-state index contributed by atoms with van der Waals surface area (Å²) in [5.41, 5.74) is 1.99. The standard InChI is InChI=1S/C23H18FN5O2/c1-12-17-20(29(28-12)13-6-3-2-4-7-13)26-16-10-11-25-21(30)18(16)23(17)14-8-5-9-15(24)19(14)27-22(23)31/h2-9,26H,10-11H2,1H3,(H,25,30)(H,27,31). The number of nitrogens with one attached hydrogen (secondary N) is 3. The summed E-state index contributed by atoms with van der Waals surface area (Å²) in [4.78, 5) is 26.8. The molecule has 154 valence electrons. The lowest BCUT2D eigenvalue weighted by molar-refractivity contribution is -0.123. The summed E-state index contributed by atoms with van der Waals surface area (Å²) in [6, 6.07) is 14.1. The third-order valence-electron chi connectivity index (χ3n) is 6.27. The molecule has 0 saturated carbocycles. The van der Waals surface area contributed by atoms with Gasteiger partial charge in [0, 0.05) is 29.8 Å². The van der Waals surface area contributed by atoms with Gasteiger partial charge in [0.2, 0.25) is 5.91 Å². The van der Waals surface area contributed by atoms with Gasteiger partial charge in [-0.1, -0.05) is 30.3 Å². The van der Waals surface area contributed by atoms with Gasteiger partial charge in [-0.3, -0.25) is 9.59 Å². The van der Waals surface area contributed by atoms with Crippen LogP contribution >= 0.6 is 0 Å². The average Bonchev–Trinajstić information content (AvgIpc) is 3.25. The van der Waals surface area contributed by atoms with Crippen LogP contribution in [0.15, 0.2) is 59.8 Å². The van der Waals surface area contributed by atoms with Gasteiger partial charge < -0.3 is 16.0 Å². The van der Waals surface area contributed by atoms with Crippen LogP contribution in [0.25, 0.3) is 5.69 Å². The van der Waals surface area contributed by atoms with Gasteiger partial charge >= 0.3 is 0 Å². The molecule has 1 spiro atoms. The maximum atomic E-state index is 14.7. The van der Waals surface area contributed by atoms with Gasteiger partial charge in [0.15, 0.2) is 0 Å². The summed E-state index contributed by atoms with van der Waals surface area (Å²) in [6.45, 7) is 2.25. The van der Waals surface area contributed by atoms with E-state index in [0.717, 1.165) is 5.69 Å². The first-order valence-electron chi connectivity index (χ1n) is 10.1. The Kier molecular flexibility index (Phi) is 3.48. The van der Waals surface area contributed by atoms with Crippen LogP contribution in [0, 0.1) is 12.7 Å². The molecule has 1 aromatic heterocycles. The number of carbonyl (C=O) groups is 2. The van der Waals surface area contributed by atoms with E-state index in [4.69, 9.17) is 5.10 Å². The lowest BCUT2D eigenvalue weighted by atomic mass is 9.66. The van der Waals surface area contributed by atoms with E-state index in [0.29, 0.717) is 46.9 Å². The number of hydrogen-bond acceptors (Lipinski definition) is 4. The van der Waals surface area contributed by atoms with Crippen molar-refractivity contribution in [1.82, 2.24) is 15.1 Å². The van der Waals surface area contributed by atoms with E-state index in [1.807, 2.05) is 30.3 Å². The number of aromatic nitrogens is 2. The van der Waals surface area contributed by atoms with E-state index in [9.17, 15) is 14.0 Å². The lowest BCUT2D eigenvalue weighted by Crippen LogP contribution is -2.50. The van der Waals surface area contributed by atoms with Gasteiger partial charge in [-0.2, -0.15) is 5.10 Å². The van der Waals surface area contributed by atoms with Crippen molar-refractivity contribution in [3.05, 3.63) is 82.4 Å². The molecule has 1 unspecified atom stereocenters. The summed E-state index contributed by atoms with van der Waals surface area (Å²) >= 11 is 0. The van der Waals surface area contributed by atoms with Crippen LogP contribution in [0.5, 0.6) is 0 Å². The largest absolute Gasteiger partial charge is 0.352 e. The van der Waals surface area contributed by atoms with Crippen molar-refractivity contribution in [1.29, 1.82) is 0 Å². The second kappa shape index (κ2) is 6.04. The topological polar surface area (TPSA) is 88.1 Å². The number of rotatable bonds is 1. The molecule has 0 radical (unpaired) electrons. The molecular formula is C23H18FN5O2. The molecule has 3 aromatic rings. The van der Waals surface area contributed by atoms with Gasteiger partial charge in [-0.05, 0) is 25.1 Å². The first-order chi connectivity index (χ1) is 15.0. The first kappa shape index (κ1) is 17.9. The van der Waals surface area contributed by atoms with E-state index in [1.165, 1.54) is 6.07 Å². The summed E-state index contributed by atoms with van der Waals surface area (Å²) in [6.07, 6.45) is 0.527. The third kappa shape index (κ3) is 2.13. The molecule has 4 heterocycles. The third-order valence-corrected chi connectivity index (χ3v) is 6.27. The van der Waals surface area contributed by atoms with Crippen molar-refractivity contribution in [2.45, 2.75) is 18.8 Å². The quantitative estimate of drug-likeness (QED) is 0.570. The van der Waals surface area contributed by atoms with Gasteiger partial charge in [0.25, 0.3) is 5.91 Å². The van der Waals surface area contributed by atoms with Crippen molar-refractivity contribution in [3.63, 3.8) is 0 Å². The van der Waals surface area contributed by atoms with Gasteiger partial charge in [0.1, 0.15) is 17.1 Å². The molecular weight excluding hydrogens is 397 g/mol. The molecule has 0 fully saturated rings. The smallest absolute Gasteiger partial charge is 0.250 e. The van der Waals surface area contributed by atoms with Crippen molar-refractivity contribution >= 4 is 23.3 Å². The second-order valence-electron chi connectivity index (χ2n) is 7.91. The Bertz CT molecular complexity index is 1330. The molecule has 2 amide bonds. The number of aryl methyl sites for hydroxylation is 1. The fourth-order valence-corrected chi connectivity index (χ4v) is 5.08. The molecule has 0 aliphatic carbocycles. The number of carbonyl (C=O) groups excluding carboxylic acids is 2. The number of amides is 2. The van der Waals surface area contributed by atoms with Crippen LogP contribution < -0.4 is 16.0 Å². The highest BCUT2D eigenvalue weighted by atomic mass is 19.1. The Labute approximate surface area is 177 Å². The minimum absolute atomic E-state index is 0.109. The van der Waals surface area contributed by atoms with E-state index < -0.39 is 17.1 Å². The number of para-hydroxylation sites is 2. The molecule has 3 aliphatic heterocycles. The number of fused-ring (bicyclic) bond motifs is 5. The fourth-order valence-electron chi connectivity index (χ4n) is 5.08. The van der Waals surface area contributed by atoms with Crippen LogP contribution in [-0.4, -0.2) is 28.1 Å². The normalized spacial score (nSPS) is 21.2. The Morgan fingerprint density at radius 1 is 1.06 bits per heavy atom. The summed E-state index contributed by atoms with van der Waals surface area (Å²) in [5.74, 6) is -0.701. The van der Waals surface area contributed by atoms with Gasteiger partial charge in [0.05, 0.1) is 22.6 Å². The van der Waals surface area contributed by atoms with Crippen molar-refractivity contribution in [2.75, 3.05) is 17.2 Å². The molecule has 3 aliphatic rings. The molecule has 7 nitrogen and oxygen atoms in total. The minimum Gasteiger partial charge on any atom is -0.352 e. The lowest BCUT2D eigenvalue weighted by Gasteiger charge is -2.38. The average molecular weight is 415 g/mol. The number of halogens is 1. The van der Waals surface area contributed by atoms with Crippen molar-refractivity contribution < 1.29 is 14.0 Å². The molecule has 0 bridgehead atoms. The Hall–Kier alpha value is -3.94. The highest BCUT2D eigenvalue weighted by molar-refractivity contribution is 6.19. The first-order valence-corrected chi connectivity index (χ1v) is 10.1. The fraction of sp³-hybridized carbons (Fsp3) is 0.174. The highest BCUT2D eigenvalue weighted by Gasteiger charge is 2.60. The van der Waals surface area contributed by atoms with Crippen molar-refractivity contribution in [3.8, 4) is 5.69 Å². The Morgan fingerprint density at radius 3 is 2.68 bits per heavy atom. The molecule has 8 heteroatoms. The predicted octanol–water partition coefficient (Wildman–Crippen LogP) is 2.76. The minimum atomic E-state index is -1.48. The van der Waals surface area contributed by atoms with Crippen LogP contribution in [-0.2, 0) is 15.0 Å². The van der Waals surface area contributed by atoms with E-state index in [-0.39, 0.29) is 11.6 Å². The van der Waals surface area contributed by atoms with E-state index in [1.54, 1.807) is 23.7 Å². The maximum absolute atomic E-state index is 14.7. The summed E-state index contributed by atoms with van der Waals surface area (Å²) in [5, 5.41) is 13.6. The summed E-state index contributed by atoms with van der Waals surface area (Å²) < 4.78 is 16.4. The molecule has 2 aromatic carbocycles. The predicted molar refractivity (Wildman–Crippen MR) is 112 cm³/mol. The van der Waals surface area contributed by atoms with Crippen LogP contribution in [0.2, 0.25) is 0 Å². The van der Waals surface area contributed by atoms with Gasteiger partial charge in [-0.15, -0.1) is 0 Å². The summed E-state index contributed by atoms with van der Waals surface area (Å²) in [7, 11) is 0. The maximum Gasteiger partial charge on any atom is 0.250 e. The molecule has 6 rings (SSSR count). The zero-order chi connectivity index (χ0) is 21.3. The second-order valence-corrected chi connectivity index (χ2v) is 7.91. The van der Waals surface area contributed by atoms with Crippen LogP contribution in [0.3, 0.4) is 0 Å². The molecule has 0 saturated heterocycles. The zero-order valence-corrected chi connectivity index (χ0v) is 16.6. The SMILES string of the molecule is Cc1nn(-c2ccccc2)c2c1C1(C(=O)Nc3c(F)cccc31)C1=C(CCNC1=O)N2. The Balaban J connectivity index is 1.74. The van der Waals surface area contributed by atoms with Crippen LogP contribution in [0.4, 0.5) is 15.9 Å². The van der Waals surface area contributed by atoms with E-state index in [2.05, 4.69) is 16.0 Å². The number of nitrogens with zero attached hydrogens (tertiary/aromatic N) is 2. The molecule has 31 heavy (non-hydrogen) atoms. The Morgan fingerprint density at radius 2 is 1.87 bits per heavy atom. The van der Waals surface area contributed by atoms with Crippen molar-refractivity contribution in [2.24, 2.45) is 0 Å².